The molecule has 0 unspecified atom stereocenters. The molecule has 7 heteroatoms. The van der Waals surface area contributed by atoms with Gasteiger partial charge in [-0.1, -0.05) is 79.4 Å². The number of hydrogen-bond donors (Lipinski definition) is 3. The summed E-state index contributed by atoms with van der Waals surface area (Å²) in [5, 5.41) is 6.91. The average Bonchev–Trinajstić information content (AvgIpc) is 3.00. The SMILES string of the molecule is Cc1ccc([C@@H](NCC(=O)NN2C(=O)NC3(CCCCC3)C2=O)c2ccccc2)cc1. The number of hydrazine groups is 1. The fourth-order valence-corrected chi connectivity index (χ4v) is 4.41. The first-order valence-electron chi connectivity index (χ1n) is 10.8. The second kappa shape index (κ2) is 8.89. The number of aryl methyl sites for hydroxylation is 1. The predicted octanol–water partition coefficient (Wildman–Crippen LogP) is 2.96. The second-order valence-corrected chi connectivity index (χ2v) is 8.38. The van der Waals surface area contributed by atoms with Gasteiger partial charge in [-0.15, -0.1) is 0 Å². The van der Waals surface area contributed by atoms with Crippen molar-refractivity contribution in [1.29, 1.82) is 0 Å². The summed E-state index contributed by atoms with van der Waals surface area (Å²) < 4.78 is 0. The van der Waals surface area contributed by atoms with Gasteiger partial charge in [0.25, 0.3) is 11.8 Å². The van der Waals surface area contributed by atoms with Gasteiger partial charge in [0.15, 0.2) is 0 Å². The fraction of sp³-hybridized carbons (Fsp3) is 0.375. The van der Waals surface area contributed by atoms with Gasteiger partial charge in [0, 0.05) is 0 Å². The van der Waals surface area contributed by atoms with Crippen molar-refractivity contribution in [3.63, 3.8) is 0 Å². The van der Waals surface area contributed by atoms with Crippen LogP contribution in [0.25, 0.3) is 0 Å². The van der Waals surface area contributed by atoms with Crippen molar-refractivity contribution in [2.75, 3.05) is 6.54 Å². The molecule has 0 aromatic heterocycles. The van der Waals surface area contributed by atoms with Crippen molar-refractivity contribution in [1.82, 2.24) is 21.1 Å². The molecular formula is C24H28N4O3. The van der Waals surface area contributed by atoms with Crippen molar-refractivity contribution in [3.8, 4) is 0 Å². The van der Waals surface area contributed by atoms with Crippen molar-refractivity contribution in [2.45, 2.75) is 50.6 Å². The molecule has 2 aromatic rings. The van der Waals surface area contributed by atoms with Gasteiger partial charge in [-0.25, -0.2) is 4.79 Å². The molecule has 1 aliphatic carbocycles. The van der Waals surface area contributed by atoms with Gasteiger partial charge in [0.2, 0.25) is 0 Å². The maximum atomic E-state index is 12.8. The third kappa shape index (κ3) is 4.46. The normalized spacial score (nSPS) is 18.7. The Hall–Kier alpha value is -3.19. The minimum Gasteiger partial charge on any atom is -0.322 e. The van der Waals surface area contributed by atoms with Gasteiger partial charge in [-0.2, -0.15) is 5.01 Å². The number of carbonyl (C=O) groups is 3. The summed E-state index contributed by atoms with van der Waals surface area (Å²) in [7, 11) is 0. The molecule has 1 aliphatic heterocycles. The molecule has 162 valence electrons. The van der Waals surface area contributed by atoms with E-state index in [1.54, 1.807) is 0 Å². The van der Waals surface area contributed by atoms with Crippen LogP contribution < -0.4 is 16.1 Å². The van der Waals surface area contributed by atoms with Crippen molar-refractivity contribution < 1.29 is 14.4 Å². The Morgan fingerprint density at radius 2 is 1.65 bits per heavy atom. The largest absolute Gasteiger partial charge is 0.344 e. The van der Waals surface area contributed by atoms with Gasteiger partial charge in [-0.05, 0) is 30.9 Å². The minimum absolute atomic E-state index is 0.0441. The van der Waals surface area contributed by atoms with Crippen molar-refractivity contribution >= 4 is 17.8 Å². The van der Waals surface area contributed by atoms with E-state index in [1.165, 1.54) is 0 Å². The first-order chi connectivity index (χ1) is 15.0. The zero-order valence-electron chi connectivity index (χ0n) is 17.7. The lowest BCUT2D eigenvalue weighted by molar-refractivity contribution is -0.139. The highest BCUT2D eigenvalue weighted by molar-refractivity contribution is 6.08. The number of hydrogen-bond acceptors (Lipinski definition) is 4. The molecule has 31 heavy (non-hydrogen) atoms. The molecule has 1 saturated carbocycles. The molecule has 2 aromatic carbocycles. The van der Waals surface area contributed by atoms with E-state index in [2.05, 4.69) is 16.1 Å². The number of nitrogens with one attached hydrogen (secondary N) is 3. The van der Waals surface area contributed by atoms with Crippen molar-refractivity contribution in [3.05, 3.63) is 71.3 Å². The molecule has 0 radical (unpaired) electrons. The molecule has 1 atom stereocenters. The van der Waals surface area contributed by atoms with E-state index in [-0.39, 0.29) is 18.5 Å². The van der Waals surface area contributed by atoms with Crippen LogP contribution in [0.2, 0.25) is 0 Å². The van der Waals surface area contributed by atoms with E-state index in [0.29, 0.717) is 12.8 Å². The third-order valence-electron chi connectivity index (χ3n) is 6.12. The van der Waals surface area contributed by atoms with E-state index in [9.17, 15) is 14.4 Å². The zero-order valence-corrected chi connectivity index (χ0v) is 17.7. The zero-order chi connectivity index (χ0) is 21.8. The van der Waals surface area contributed by atoms with Crippen LogP contribution in [-0.4, -0.2) is 34.9 Å². The average molecular weight is 421 g/mol. The molecule has 1 saturated heterocycles. The smallest absolute Gasteiger partial charge is 0.322 e. The lowest BCUT2D eigenvalue weighted by Crippen LogP contribution is -2.52. The van der Waals surface area contributed by atoms with E-state index >= 15 is 0 Å². The highest BCUT2D eigenvalue weighted by Crippen LogP contribution is 2.33. The summed E-state index contributed by atoms with van der Waals surface area (Å²) in [5.41, 5.74) is 4.84. The summed E-state index contributed by atoms with van der Waals surface area (Å²) >= 11 is 0. The van der Waals surface area contributed by atoms with Crippen LogP contribution in [0.1, 0.15) is 54.8 Å². The molecule has 2 fully saturated rings. The van der Waals surface area contributed by atoms with E-state index in [0.717, 1.165) is 41.0 Å². The van der Waals surface area contributed by atoms with Crippen LogP contribution in [0.3, 0.4) is 0 Å². The number of urea groups is 1. The third-order valence-corrected chi connectivity index (χ3v) is 6.12. The maximum Gasteiger partial charge on any atom is 0.344 e. The first kappa shape index (κ1) is 21.1. The van der Waals surface area contributed by atoms with E-state index in [1.807, 2.05) is 61.5 Å². The maximum absolute atomic E-state index is 12.8. The number of rotatable bonds is 6. The minimum atomic E-state index is -0.857. The topological polar surface area (TPSA) is 90.5 Å². The van der Waals surface area contributed by atoms with Gasteiger partial charge in [-0.3, -0.25) is 20.3 Å². The highest BCUT2D eigenvalue weighted by Gasteiger charge is 2.52. The Morgan fingerprint density at radius 3 is 2.32 bits per heavy atom. The molecule has 0 bridgehead atoms. The van der Waals surface area contributed by atoms with Crippen LogP contribution in [0.15, 0.2) is 54.6 Å². The van der Waals surface area contributed by atoms with Gasteiger partial charge < -0.3 is 5.32 Å². The summed E-state index contributed by atoms with van der Waals surface area (Å²) in [5.74, 6) is -0.798. The molecular weight excluding hydrogens is 392 g/mol. The monoisotopic (exact) mass is 420 g/mol. The number of carbonyl (C=O) groups excluding carboxylic acids is 3. The van der Waals surface area contributed by atoms with Crippen LogP contribution in [0.4, 0.5) is 4.79 Å². The summed E-state index contributed by atoms with van der Waals surface area (Å²) in [6.07, 6.45) is 4.08. The number of imide groups is 1. The van der Waals surface area contributed by atoms with Crippen LogP contribution in [0.5, 0.6) is 0 Å². The Kier molecular flexibility index (Phi) is 6.04. The lowest BCUT2D eigenvalue weighted by atomic mass is 9.82. The summed E-state index contributed by atoms with van der Waals surface area (Å²) in [6.45, 7) is 1.98. The molecule has 4 rings (SSSR count). The molecule has 2 aliphatic rings. The summed E-state index contributed by atoms with van der Waals surface area (Å²) in [4.78, 5) is 37.8. The Morgan fingerprint density at radius 1 is 1.00 bits per heavy atom. The van der Waals surface area contributed by atoms with Gasteiger partial charge in [0.05, 0.1) is 12.6 Å². The number of amides is 4. The lowest BCUT2D eigenvalue weighted by Gasteiger charge is -2.30. The Labute approximate surface area is 182 Å². The van der Waals surface area contributed by atoms with Crippen LogP contribution >= 0.6 is 0 Å². The second-order valence-electron chi connectivity index (χ2n) is 8.38. The fourth-order valence-electron chi connectivity index (χ4n) is 4.41. The van der Waals surface area contributed by atoms with Gasteiger partial charge in [0.1, 0.15) is 5.54 Å². The standard InChI is InChI=1S/C24H28N4O3/c1-17-10-12-19(13-11-17)21(18-8-4-2-5-9-18)25-16-20(29)27-28-22(30)24(26-23(28)31)14-6-3-7-15-24/h2,4-5,8-13,21,25H,3,6-7,14-16H2,1H3,(H,26,31)(H,27,29)/t21-/m0/s1. The van der Waals surface area contributed by atoms with Crippen LogP contribution in [0, 0.1) is 6.92 Å². The molecule has 4 amide bonds. The van der Waals surface area contributed by atoms with Crippen LogP contribution in [-0.2, 0) is 9.59 Å². The number of nitrogens with zero attached hydrogens (tertiary/aromatic N) is 1. The molecule has 1 heterocycles. The summed E-state index contributed by atoms with van der Waals surface area (Å²) in [6, 6.07) is 17.2. The van der Waals surface area contributed by atoms with Crippen molar-refractivity contribution in [2.24, 2.45) is 0 Å². The molecule has 1 spiro atoms. The van der Waals surface area contributed by atoms with E-state index < -0.39 is 17.5 Å². The number of benzene rings is 2. The highest BCUT2D eigenvalue weighted by atomic mass is 16.2. The molecule has 7 nitrogen and oxygen atoms in total. The quantitative estimate of drug-likeness (QED) is 0.627. The predicted molar refractivity (Wildman–Crippen MR) is 117 cm³/mol. The molecule has 3 N–H and O–H groups in total. The van der Waals surface area contributed by atoms with Gasteiger partial charge >= 0.3 is 6.03 Å². The first-order valence-corrected chi connectivity index (χ1v) is 10.8. The van der Waals surface area contributed by atoms with E-state index in [4.69, 9.17) is 0 Å². The Balaban J connectivity index is 1.43. The Bertz CT molecular complexity index is 953.